The number of nitrogens with two attached hydrogens (primary N) is 1. The summed E-state index contributed by atoms with van der Waals surface area (Å²) in [4.78, 5) is 32.7. The van der Waals surface area contributed by atoms with Crippen LogP contribution in [0.15, 0.2) is 24.3 Å². The van der Waals surface area contributed by atoms with Crippen molar-refractivity contribution in [2.45, 2.75) is 13.5 Å². The minimum atomic E-state index is -0.356. The second-order valence-corrected chi connectivity index (χ2v) is 6.44. The van der Waals surface area contributed by atoms with E-state index >= 15 is 0 Å². The highest BCUT2D eigenvalue weighted by atomic mass is 16.2. The first kappa shape index (κ1) is 16.4. The fourth-order valence-corrected chi connectivity index (χ4v) is 3.21. The first-order valence-corrected chi connectivity index (χ1v) is 8.13. The minimum Gasteiger partial charge on any atom is -0.369 e. The molecule has 1 aliphatic rings. The van der Waals surface area contributed by atoms with Gasteiger partial charge in [0, 0.05) is 26.2 Å². The maximum absolute atomic E-state index is 12.8. The molecule has 128 valence electrons. The van der Waals surface area contributed by atoms with Gasteiger partial charge in [-0.1, -0.05) is 12.1 Å². The Morgan fingerprint density at radius 2 is 2.00 bits per heavy atom. The Bertz CT molecular complexity index is 769. The largest absolute Gasteiger partial charge is 0.369 e. The molecule has 1 aliphatic heterocycles. The SMILES string of the molecule is Cc1nc2ccccc2n1CC(=O)N1CCN(C)C[C@@H](C(N)=O)C1. The fourth-order valence-electron chi connectivity index (χ4n) is 3.21. The number of carbonyl (C=O) groups excluding carboxylic acids is 2. The number of fused-ring (bicyclic) bond motifs is 1. The number of para-hydroxylation sites is 2. The van der Waals surface area contributed by atoms with E-state index in [2.05, 4.69) is 4.98 Å². The molecule has 7 nitrogen and oxygen atoms in total. The lowest BCUT2D eigenvalue weighted by Crippen LogP contribution is -2.41. The number of hydrogen-bond donors (Lipinski definition) is 1. The lowest BCUT2D eigenvalue weighted by Gasteiger charge is -2.23. The molecule has 1 aromatic heterocycles. The molecule has 0 bridgehead atoms. The molecule has 7 heteroatoms. The number of aryl methyl sites for hydroxylation is 1. The van der Waals surface area contributed by atoms with E-state index in [0.29, 0.717) is 19.6 Å². The lowest BCUT2D eigenvalue weighted by molar-refractivity contribution is -0.133. The molecule has 1 aromatic carbocycles. The first-order chi connectivity index (χ1) is 11.5. The van der Waals surface area contributed by atoms with Gasteiger partial charge in [-0.15, -0.1) is 0 Å². The molecule has 2 N–H and O–H groups in total. The van der Waals surface area contributed by atoms with E-state index in [0.717, 1.165) is 23.4 Å². The molecule has 24 heavy (non-hydrogen) atoms. The zero-order valence-corrected chi connectivity index (χ0v) is 14.1. The van der Waals surface area contributed by atoms with E-state index in [1.807, 2.05) is 47.7 Å². The number of amides is 2. The standard InChI is InChI=1S/C17H23N5O2/c1-12-19-14-5-3-4-6-15(14)22(12)11-16(23)21-8-7-20(2)9-13(10-21)17(18)24/h3-6,13H,7-11H2,1-2H3,(H2,18,24)/t13-/m1/s1. The van der Waals surface area contributed by atoms with Gasteiger partial charge in [-0.3, -0.25) is 9.59 Å². The van der Waals surface area contributed by atoms with Crippen molar-refractivity contribution in [3.05, 3.63) is 30.1 Å². The van der Waals surface area contributed by atoms with Crippen LogP contribution >= 0.6 is 0 Å². The summed E-state index contributed by atoms with van der Waals surface area (Å²) < 4.78 is 1.92. The van der Waals surface area contributed by atoms with Crippen molar-refractivity contribution in [3.8, 4) is 0 Å². The molecular weight excluding hydrogens is 306 g/mol. The van der Waals surface area contributed by atoms with Crippen molar-refractivity contribution in [1.82, 2.24) is 19.4 Å². The molecule has 1 atom stereocenters. The third-order valence-electron chi connectivity index (χ3n) is 4.62. The van der Waals surface area contributed by atoms with Crippen LogP contribution in [-0.2, 0) is 16.1 Å². The number of imidazole rings is 1. The summed E-state index contributed by atoms with van der Waals surface area (Å²) in [5, 5.41) is 0. The molecule has 0 aliphatic carbocycles. The van der Waals surface area contributed by atoms with Crippen molar-refractivity contribution < 1.29 is 9.59 Å². The predicted molar refractivity (Wildman–Crippen MR) is 91.2 cm³/mol. The summed E-state index contributed by atoms with van der Waals surface area (Å²) in [6.45, 7) is 4.43. The van der Waals surface area contributed by atoms with E-state index in [1.165, 1.54) is 0 Å². The third kappa shape index (κ3) is 3.26. The summed E-state index contributed by atoms with van der Waals surface area (Å²) in [5.41, 5.74) is 7.31. The number of nitrogens with zero attached hydrogens (tertiary/aromatic N) is 4. The van der Waals surface area contributed by atoms with Crippen LogP contribution in [0.4, 0.5) is 0 Å². The van der Waals surface area contributed by atoms with Gasteiger partial charge in [-0.25, -0.2) is 4.98 Å². The highest BCUT2D eigenvalue weighted by Crippen LogP contribution is 2.16. The highest BCUT2D eigenvalue weighted by Gasteiger charge is 2.27. The molecule has 2 aromatic rings. The molecule has 3 rings (SSSR count). The lowest BCUT2D eigenvalue weighted by atomic mass is 10.1. The van der Waals surface area contributed by atoms with Crippen molar-refractivity contribution in [1.29, 1.82) is 0 Å². The number of benzene rings is 1. The van der Waals surface area contributed by atoms with Gasteiger partial charge < -0.3 is 20.1 Å². The number of carbonyl (C=O) groups is 2. The summed E-state index contributed by atoms with van der Waals surface area (Å²) >= 11 is 0. The average molecular weight is 329 g/mol. The van der Waals surface area contributed by atoms with E-state index < -0.39 is 0 Å². The Morgan fingerprint density at radius 1 is 1.25 bits per heavy atom. The Morgan fingerprint density at radius 3 is 2.75 bits per heavy atom. The number of primary amides is 1. The maximum atomic E-state index is 12.8. The van der Waals surface area contributed by atoms with Crippen molar-refractivity contribution in [2.24, 2.45) is 11.7 Å². The van der Waals surface area contributed by atoms with E-state index in [4.69, 9.17) is 5.73 Å². The second-order valence-electron chi connectivity index (χ2n) is 6.44. The van der Waals surface area contributed by atoms with Gasteiger partial charge in [0.2, 0.25) is 11.8 Å². The summed E-state index contributed by atoms with van der Waals surface area (Å²) in [7, 11) is 1.94. The quantitative estimate of drug-likeness (QED) is 0.873. The van der Waals surface area contributed by atoms with Crippen LogP contribution in [0.5, 0.6) is 0 Å². The van der Waals surface area contributed by atoms with Gasteiger partial charge in [0.15, 0.2) is 0 Å². The van der Waals surface area contributed by atoms with E-state index in [9.17, 15) is 9.59 Å². The Labute approximate surface area is 141 Å². The van der Waals surface area contributed by atoms with E-state index in [1.54, 1.807) is 4.90 Å². The summed E-state index contributed by atoms with van der Waals surface area (Å²) in [5.74, 6) is 0.110. The van der Waals surface area contributed by atoms with Crippen molar-refractivity contribution in [2.75, 3.05) is 33.2 Å². The Balaban J connectivity index is 1.80. The molecule has 1 fully saturated rings. The number of hydrogen-bond acceptors (Lipinski definition) is 4. The van der Waals surface area contributed by atoms with Crippen LogP contribution in [-0.4, -0.2) is 64.4 Å². The molecule has 2 amide bonds. The normalized spacial score (nSPS) is 19.4. The zero-order valence-electron chi connectivity index (χ0n) is 14.1. The zero-order chi connectivity index (χ0) is 17.3. The molecule has 0 unspecified atom stereocenters. The number of aromatic nitrogens is 2. The molecular formula is C17H23N5O2. The number of likely N-dealkylation sites (N-methyl/N-ethyl adjacent to an activating group) is 1. The molecule has 1 saturated heterocycles. The van der Waals surface area contributed by atoms with Crippen LogP contribution in [0, 0.1) is 12.8 Å². The van der Waals surface area contributed by atoms with Gasteiger partial charge in [0.1, 0.15) is 12.4 Å². The van der Waals surface area contributed by atoms with Gasteiger partial charge in [0.05, 0.1) is 17.0 Å². The molecule has 0 radical (unpaired) electrons. The highest BCUT2D eigenvalue weighted by molar-refractivity contribution is 5.82. The minimum absolute atomic E-state index is 0.0113. The van der Waals surface area contributed by atoms with E-state index in [-0.39, 0.29) is 24.3 Å². The average Bonchev–Trinajstić information content (AvgIpc) is 2.72. The predicted octanol–water partition coefficient (Wildman–Crippen LogP) is 0.220. The smallest absolute Gasteiger partial charge is 0.242 e. The molecule has 0 spiro atoms. The van der Waals surface area contributed by atoms with Crippen LogP contribution in [0.3, 0.4) is 0 Å². The van der Waals surface area contributed by atoms with Crippen molar-refractivity contribution >= 4 is 22.8 Å². The molecule has 0 saturated carbocycles. The maximum Gasteiger partial charge on any atom is 0.242 e. The van der Waals surface area contributed by atoms with Crippen LogP contribution < -0.4 is 5.73 Å². The summed E-state index contributed by atoms with van der Waals surface area (Å²) in [6, 6.07) is 7.77. The second kappa shape index (κ2) is 6.60. The van der Waals surface area contributed by atoms with Gasteiger partial charge in [0.25, 0.3) is 0 Å². The topological polar surface area (TPSA) is 84.5 Å². The van der Waals surface area contributed by atoms with Gasteiger partial charge in [-0.2, -0.15) is 0 Å². The third-order valence-corrected chi connectivity index (χ3v) is 4.62. The Hall–Kier alpha value is -2.41. The van der Waals surface area contributed by atoms with Gasteiger partial charge in [-0.05, 0) is 26.1 Å². The number of rotatable bonds is 3. The summed E-state index contributed by atoms with van der Waals surface area (Å²) in [6.07, 6.45) is 0. The Kier molecular flexibility index (Phi) is 4.53. The van der Waals surface area contributed by atoms with Crippen LogP contribution in [0.25, 0.3) is 11.0 Å². The monoisotopic (exact) mass is 329 g/mol. The van der Waals surface area contributed by atoms with Gasteiger partial charge >= 0.3 is 0 Å². The van der Waals surface area contributed by atoms with Crippen LogP contribution in [0.1, 0.15) is 5.82 Å². The molecule has 2 heterocycles. The fraction of sp³-hybridized carbons (Fsp3) is 0.471. The van der Waals surface area contributed by atoms with Crippen molar-refractivity contribution in [3.63, 3.8) is 0 Å². The van der Waals surface area contributed by atoms with Crippen LogP contribution in [0.2, 0.25) is 0 Å². The first-order valence-electron chi connectivity index (χ1n) is 8.13.